The lowest BCUT2D eigenvalue weighted by molar-refractivity contribution is 0.178. The van der Waals surface area contributed by atoms with Crippen molar-refractivity contribution in [2.24, 2.45) is 0 Å². The quantitative estimate of drug-likeness (QED) is 0.790. The third-order valence-corrected chi connectivity index (χ3v) is 2.07. The molecule has 2 aromatic rings. The SMILES string of the molecule is Clc1ccc(Cl)c(On2cc[c]n2)c1. The van der Waals surface area contributed by atoms with Crippen LogP contribution in [-0.4, -0.2) is 9.94 Å². The van der Waals surface area contributed by atoms with Crippen molar-refractivity contribution < 1.29 is 4.84 Å². The first kappa shape index (κ1) is 9.37. The number of aromatic nitrogens is 2. The summed E-state index contributed by atoms with van der Waals surface area (Å²) in [6.45, 7) is 0. The first-order chi connectivity index (χ1) is 6.75. The van der Waals surface area contributed by atoms with Crippen LogP contribution in [0, 0.1) is 6.20 Å². The van der Waals surface area contributed by atoms with Gasteiger partial charge in [0, 0.05) is 11.1 Å². The van der Waals surface area contributed by atoms with Gasteiger partial charge in [0.1, 0.15) is 6.20 Å². The molecule has 0 fully saturated rings. The lowest BCUT2D eigenvalue weighted by Gasteiger charge is -2.05. The third kappa shape index (κ3) is 2.00. The van der Waals surface area contributed by atoms with Gasteiger partial charge in [-0.3, -0.25) is 0 Å². The molecule has 0 saturated carbocycles. The van der Waals surface area contributed by atoms with Crippen molar-refractivity contribution in [2.45, 2.75) is 0 Å². The minimum Gasteiger partial charge on any atom is -0.356 e. The second kappa shape index (κ2) is 3.90. The predicted octanol–water partition coefficient (Wildman–Crippen LogP) is 2.83. The summed E-state index contributed by atoms with van der Waals surface area (Å²) < 4.78 is 0. The molecule has 0 atom stereocenters. The van der Waals surface area contributed by atoms with E-state index >= 15 is 0 Å². The monoisotopic (exact) mass is 227 g/mol. The van der Waals surface area contributed by atoms with Crippen LogP contribution in [0.3, 0.4) is 0 Å². The molecule has 0 saturated heterocycles. The highest BCUT2D eigenvalue weighted by Crippen LogP contribution is 2.27. The second-order valence-electron chi connectivity index (χ2n) is 2.51. The maximum Gasteiger partial charge on any atom is 0.177 e. The number of hydrogen-bond donors (Lipinski definition) is 0. The molecule has 0 aliphatic carbocycles. The number of benzene rings is 1. The molecule has 1 aromatic carbocycles. The van der Waals surface area contributed by atoms with Gasteiger partial charge in [-0.1, -0.05) is 28.0 Å². The van der Waals surface area contributed by atoms with Crippen LogP contribution in [-0.2, 0) is 0 Å². The first-order valence-electron chi connectivity index (χ1n) is 3.81. The Kier molecular flexibility index (Phi) is 2.61. The molecular weight excluding hydrogens is 223 g/mol. The molecule has 2 rings (SSSR count). The highest BCUT2D eigenvalue weighted by molar-refractivity contribution is 6.34. The van der Waals surface area contributed by atoms with E-state index in [1.54, 1.807) is 30.5 Å². The van der Waals surface area contributed by atoms with Gasteiger partial charge in [-0.25, -0.2) is 0 Å². The average Bonchev–Trinajstić information content (AvgIpc) is 2.64. The fraction of sp³-hybridized carbons (Fsp3) is 0. The van der Waals surface area contributed by atoms with Crippen LogP contribution < -0.4 is 4.84 Å². The van der Waals surface area contributed by atoms with Crippen LogP contribution in [0.2, 0.25) is 10.0 Å². The number of hydrogen-bond acceptors (Lipinski definition) is 2. The molecule has 3 nitrogen and oxygen atoms in total. The summed E-state index contributed by atoms with van der Waals surface area (Å²) in [7, 11) is 0. The zero-order chi connectivity index (χ0) is 9.97. The summed E-state index contributed by atoms with van der Waals surface area (Å²) >= 11 is 11.7. The molecule has 0 N–H and O–H groups in total. The molecule has 0 aliphatic heterocycles. The van der Waals surface area contributed by atoms with Crippen LogP contribution in [0.25, 0.3) is 0 Å². The molecule has 71 valence electrons. The van der Waals surface area contributed by atoms with E-state index in [2.05, 4.69) is 11.3 Å². The molecule has 14 heavy (non-hydrogen) atoms. The fourth-order valence-electron chi connectivity index (χ4n) is 0.919. The first-order valence-corrected chi connectivity index (χ1v) is 4.56. The Morgan fingerprint density at radius 1 is 1.36 bits per heavy atom. The van der Waals surface area contributed by atoms with Crippen molar-refractivity contribution in [2.75, 3.05) is 0 Å². The molecule has 5 heteroatoms. The molecule has 0 amide bonds. The van der Waals surface area contributed by atoms with Gasteiger partial charge < -0.3 is 4.84 Å². The van der Waals surface area contributed by atoms with Gasteiger partial charge in [0.05, 0.1) is 11.2 Å². The lowest BCUT2D eigenvalue weighted by Crippen LogP contribution is -2.05. The van der Waals surface area contributed by atoms with E-state index in [0.29, 0.717) is 15.8 Å². The Morgan fingerprint density at radius 2 is 2.21 bits per heavy atom. The van der Waals surface area contributed by atoms with E-state index in [1.165, 1.54) is 4.85 Å². The highest BCUT2D eigenvalue weighted by atomic mass is 35.5. The van der Waals surface area contributed by atoms with Crippen LogP contribution in [0.5, 0.6) is 5.75 Å². The summed E-state index contributed by atoms with van der Waals surface area (Å²) in [6, 6.07) is 6.59. The van der Waals surface area contributed by atoms with Crippen LogP contribution in [0.15, 0.2) is 30.5 Å². The van der Waals surface area contributed by atoms with E-state index in [-0.39, 0.29) is 0 Å². The minimum absolute atomic E-state index is 0.455. The van der Waals surface area contributed by atoms with Gasteiger partial charge in [0.2, 0.25) is 0 Å². The molecule has 0 bridgehead atoms. The molecule has 1 aromatic heterocycles. The normalized spacial score (nSPS) is 10.1. The molecule has 1 radical (unpaired) electrons. The molecular formula is C9H5Cl2N2O. The average molecular weight is 228 g/mol. The Labute approximate surface area is 90.8 Å². The van der Waals surface area contributed by atoms with E-state index in [4.69, 9.17) is 28.0 Å². The Morgan fingerprint density at radius 3 is 2.93 bits per heavy atom. The smallest absolute Gasteiger partial charge is 0.177 e. The van der Waals surface area contributed by atoms with E-state index in [1.807, 2.05) is 0 Å². The predicted molar refractivity (Wildman–Crippen MR) is 53.6 cm³/mol. The maximum atomic E-state index is 5.88. The molecule has 0 unspecified atom stereocenters. The molecule has 1 heterocycles. The topological polar surface area (TPSA) is 27.1 Å². The largest absolute Gasteiger partial charge is 0.356 e. The fourth-order valence-corrected chi connectivity index (χ4v) is 1.23. The van der Waals surface area contributed by atoms with E-state index in [9.17, 15) is 0 Å². The van der Waals surface area contributed by atoms with E-state index < -0.39 is 0 Å². The summed E-state index contributed by atoms with van der Waals surface area (Å²) in [4.78, 5) is 6.54. The summed E-state index contributed by atoms with van der Waals surface area (Å²) in [5.74, 6) is 0.455. The summed E-state index contributed by atoms with van der Waals surface area (Å²) in [5, 5.41) is 4.78. The third-order valence-electron chi connectivity index (χ3n) is 1.52. The van der Waals surface area contributed by atoms with Crippen molar-refractivity contribution >= 4 is 23.2 Å². The van der Waals surface area contributed by atoms with E-state index in [0.717, 1.165) is 0 Å². The Bertz CT molecular complexity index is 428. The van der Waals surface area contributed by atoms with Crippen molar-refractivity contribution in [3.63, 3.8) is 0 Å². The highest BCUT2D eigenvalue weighted by Gasteiger charge is 2.03. The summed E-state index contributed by atoms with van der Waals surface area (Å²) in [5.41, 5.74) is 0. The van der Waals surface area contributed by atoms with Crippen LogP contribution >= 0.6 is 23.2 Å². The van der Waals surface area contributed by atoms with Gasteiger partial charge in [0.25, 0.3) is 0 Å². The van der Waals surface area contributed by atoms with Gasteiger partial charge in [-0.05, 0) is 18.2 Å². The standard InChI is InChI=1S/C9H5Cl2N2O/c10-7-2-3-8(11)9(6-7)14-13-5-1-4-12-13/h1-3,5-6H. The number of nitrogens with zero attached hydrogens (tertiary/aromatic N) is 2. The van der Waals surface area contributed by atoms with Gasteiger partial charge >= 0.3 is 0 Å². The lowest BCUT2D eigenvalue weighted by atomic mass is 10.3. The van der Waals surface area contributed by atoms with Crippen molar-refractivity contribution in [3.8, 4) is 5.75 Å². The van der Waals surface area contributed by atoms with Gasteiger partial charge in [-0.2, -0.15) is 0 Å². The minimum atomic E-state index is 0.455. The van der Waals surface area contributed by atoms with Crippen molar-refractivity contribution in [1.29, 1.82) is 0 Å². The number of halogens is 2. The van der Waals surface area contributed by atoms with Crippen LogP contribution in [0.4, 0.5) is 0 Å². The molecule has 0 aliphatic rings. The zero-order valence-corrected chi connectivity index (χ0v) is 8.46. The Hall–Kier alpha value is -1.19. The molecule has 0 spiro atoms. The Balaban J connectivity index is 2.28. The maximum absolute atomic E-state index is 5.88. The van der Waals surface area contributed by atoms with Crippen LogP contribution in [0.1, 0.15) is 0 Å². The van der Waals surface area contributed by atoms with Crippen molar-refractivity contribution in [1.82, 2.24) is 9.94 Å². The van der Waals surface area contributed by atoms with Crippen molar-refractivity contribution in [3.05, 3.63) is 46.7 Å². The van der Waals surface area contributed by atoms with Gasteiger partial charge in [0.15, 0.2) is 5.75 Å². The van der Waals surface area contributed by atoms with Gasteiger partial charge in [-0.15, -0.1) is 5.10 Å². The summed E-state index contributed by atoms with van der Waals surface area (Å²) in [6.07, 6.45) is 4.20. The zero-order valence-electron chi connectivity index (χ0n) is 6.95. The second-order valence-corrected chi connectivity index (χ2v) is 3.36. The number of rotatable bonds is 2.